The summed E-state index contributed by atoms with van der Waals surface area (Å²) in [5, 5.41) is 0. The molecule has 1 unspecified atom stereocenters. The van der Waals surface area contributed by atoms with Crippen molar-refractivity contribution >= 4 is 0 Å². The average molecular weight is 115 g/mol. The molecule has 0 aromatic carbocycles. The van der Waals surface area contributed by atoms with Crippen LogP contribution in [0.3, 0.4) is 0 Å². The largest absolute Gasteiger partial charge is 0.240 e. The fourth-order valence-corrected chi connectivity index (χ4v) is 1.22. The van der Waals surface area contributed by atoms with Gasteiger partial charge in [-0.1, -0.05) is 13.3 Å². The normalized spacial score (nSPS) is 33.0. The van der Waals surface area contributed by atoms with Gasteiger partial charge in [-0.05, 0) is 25.2 Å². The van der Waals surface area contributed by atoms with E-state index < -0.39 is 0 Å². The quantitative estimate of drug-likeness (QED) is 0.455. The topological polar surface area (TPSA) is 0 Å². The van der Waals surface area contributed by atoms with Gasteiger partial charge in [-0.25, -0.2) is 4.39 Å². The first-order valence-corrected chi connectivity index (χ1v) is 3.29. The molecule has 1 fully saturated rings. The molecule has 1 aliphatic rings. The molecule has 1 atom stereocenters. The van der Waals surface area contributed by atoms with Gasteiger partial charge in [-0.3, -0.25) is 0 Å². The minimum Gasteiger partial charge on any atom is -0.240 e. The van der Waals surface area contributed by atoms with Crippen LogP contribution in [0, 0.1) is 12.1 Å². The Labute approximate surface area is 50.1 Å². The molecule has 1 radical (unpaired) electrons. The van der Waals surface area contributed by atoms with Crippen molar-refractivity contribution in [3.05, 3.63) is 6.17 Å². The lowest BCUT2D eigenvalue weighted by Crippen LogP contribution is -2.06. The van der Waals surface area contributed by atoms with Crippen molar-refractivity contribution in [2.45, 2.75) is 32.6 Å². The molecule has 0 nitrogen and oxygen atoms in total. The zero-order valence-corrected chi connectivity index (χ0v) is 5.28. The van der Waals surface area contributed by atoms with Crippen molar-refractivity contribution in [2.75, 3.05) is 0 Å². The third-order valence-electron chi connectivity index (χ3n) is 1.71. The summed E-state index contributed by atoms with van der Waals surface area (Å²) in [6.07, 6.45) is 3.94. The molecule has 0 saturated heterocycles. The van der Waals surface area contributed by atoms with Crippen molar-refractivity contribution in [3.63, 3.8) is 0 Å². The van der Waals surface area contributed by atoms with Gasteiger partial charge in [-0.15, -0.1) is 0 Å². The monoisotopic (exact) mass is 115 g/mol. The van der Waals surface area contributed by atoms with Gasteiger partial charge in [-0.2, -0.15) is 0 Å². The first-order chi connectivity index (χ1) is 3.79. The van der Waals surface area contributed by atoms with E-state index in [4.69, 9.17) is 0 Å². The molecule has 1 aliphatic carbocycles. The highest BCUT2D eigenvalue weighted by Crippen LogP contribution is 2.30. The predicted molar refractivity (Wildman–Crippen MR) is 32.0 cm³/mol. The molecule has 0 spiro atoms. The number of halogens is 1. The maximum atomic E-state index is 12.4. The molecule has 0 aliphatic heterocycles. The van der Waals surface area contributed by atoms with E-state index in [1.54, 1.807) is 0 Å². The minimum atomic E-state index is 0.212. The Morgan fingerprint density at radius 2 is 2.38 bits per heavy atom. The third-order valence-corrected chi connectivity index (χ3v) is 1.71. The van der Waals surface area contributed by atoms with Crippen molar-refractivity contribution < 1.29 is 4.39 Å². The molecule has 0 bridgehead atoms. The maximum absolute atomic E-state index is 12.4. The van der Waals surface area contributed by atoms with Crippen LogP contribution in [0.25, 0.3) is 0 Å². The molecule has 1 saturated carbocycles. The highest BCUT2D eigenvalue weighted by molar-refractivity contribution is 4.83. The second-order valence-electron chi connectivity index (χ2n) is 2.72. The number of hydrogen-bond acceptors (Lipinski definition) is 0. The first-order valence-electron chi connectivity index (χ1n) is 3.29. The van der Waals surface area contributed by atoms with Gasteiger partial charge >= 0.3 is 0 Å². The summed E-state index contributed by atoms with van der Waals surface area (Å²) in [7, 11) is 0. The minimum absolute atomic E-state index is 0.212. The van der Waals surface area contributed by atoms with E-state index >= 15 is 0 Å². The third kappa shape index (κ3) is 1.46. The van der Waals surface area contributed by atoms with Crippen LogP contribution >= 0.6 is 0 Å². The standard InChI is InChI=1S/C7H12F/c1-6-3-2-4-7(8)5-6/h6H,2-5H2,1H3. The van der Waals surface area contributed by atoms with Crippen molar-refractivity contribution in [1.82, 2.24) is 0 Å². The summed E-state index contributed by atoms with van der Waals surface area (Å²) in [6, 6.07) is 0. The summed E-state index contributed by atoms with van der Waals surface area (Å²) >= 11 is 0. The van der Waals surface area contributed by atoms with Crippen LogP contribution in [-0.2, 0) is 0 Å². The van der Waals surface area contributed by atoms with Gasteiger partial charge in [0.15, 0.2) is 0 Å². The van der Waals surface area contributed by atoms with Crippen LogP contribution in [-0.4, -0.2) is 0 Å². The Morgan fingerprint density at radius 3 is 2.75 bits per heavy atom. The molecular formula is C7H12F. The fraction of sp³-hybridized carbons (Fsp3) is 0.857. The predicted octanol–water partition coefficient (Wildman–Crippen LogP) is 2.70. The molecule has 8 heavy (non-hydrogen) atoms. The SMILES string of the molecule is CC1CCC[C](F)C1. The second-order valence-corrected chi connectivity index (χ2v) is 2.72. The highest BCUT2D eigenvalue weighted by Gasteiger charge is 2.18. The first kappa shape index (κ1) is 6.06. The van der Waals surface area contributed by atoms with Gasteiger partial charge < -0.3 is 0 Å². The molecule has 0 heterocycles. The molecule has 1 rings (SSSR count). The van der Waals surface area contributed by atoms with Gasteiger partial charge in [0, 0.05) is 0 Å². The van der Waals surface area contributed by atoms with E-state index in [9.17, 15) is 4.39 Å². The van der Waals surface area contributed by atoms with Crippen molar-refractivity contribution in [3.8, 4) is 0 Å². The molecule has 0 aromatic rings. The summed E-state index contributed by atoms with van der Waals surface area (Å²) in [5.74, 6) is 0.601. The maximum Gasteiger partial charge on any atom is 0.145 e. The Balaban J connectivity index is 2.23. The number of rotatable bonds is 0. The van der Waals surface area contributed by atoms with Gasteiger partial charge in [0.25, 0.3) is 0 Å². The van der Waals surface area contributed by atoms with E-state index in [2.05, 4.69) is 6.92 Å². The van der Waals surface area contributed by atoms with E-state index in [0.29, 0.717) is 5.92 Å². The Bertz CT molecular complexity index is 62.8. The Morgan fingerprint density at radius 1 is 1.62 bits per heavy atom. The summed E-state index contributed by atoms with van der Waals surface area (Å²) < 4.78 is 12.4. The molecule has 1 heteroatoms. The average Bonchev–Trinajstić information content (AvgIpc) is 1.64. The van der Waals surface area contributed by atoms with Crippen molar-refractivity contribution in [2.24, 2.45) is 5.92 Å². The lowest BCUT2D eigenvalue weighted by molar-refractivity contribution is 0.305. The van der Waals surface area contributed by atoms with Crippen LogP contribution in [0.2, 0.25) is 0 Å². The van der Waals surface area contributed by atoms with E-state index in [1.165, 1.54) is 6.42 Å². The second kappa shape index (κ2) is 2.47. The summed E-state index contributed by atoms with van der Waals surface area (Å²) in [4.78, 5) is 0. The molecule has 47 valence electrons. The lowest BCUT2D eigenvalue weighted by Gasteiger charge is -2.19. The molecule has 0 N–H and O–H groups in total. The Hall–Kier alpha value is -0.0700. The zero-order valence-electron chi connectivity index (χ0n) is 5.28. The van der Waals surface area contributed by atoms with E-state index in [-0.39, 0.29) is 6.17 Å². The van der Waals surface area contributed by atoms with E-state index in [0.717, 1.165) is 19.3 Å². The lowest BCUT2D eigenvalue weighted by atomic mass is 9.90. The van der Waals surface area contributed by atoms with Crippen LogP contribution in [0.4, 0.5) is 4.39 Å². The van der Waals surface area contributed by atoms with Crippen LogP contribution in [0.15, 0.2) is 0 Å². The van der Waals surface area contributed by atoms with Gasteiger partial charge in [0.1, 0.15) is 6.17 Å². The molecular weight excluding hydrogens is 103 g/mol. The van der Waals surface area contributed by atoms with Gasteiger partial charge in [0.2, 0.25) is 0 Å². The Kier molecular flexibility index (Phi) is 1.87. The highest BCUT2D eigenvalue weighted by atomic mass is 19.1. The van der Waals surface area contributed by atoms with Gasteiger partial charge in [0.05, 0.1) is 0 Å². The summed E-state index contributed by atoms with van der Waals surface area (Å²) in [6.45, 7) is 2.11. The number of hydrogen-bond donors (Lipinski definition) is 0. The van der Waals surface area contributed by atoms with E-state index in [1.807, 2.05) is 0 Å². The smallest absolute Gasteiger partial charge is 0.145 e. The van der Waals surface area contributed by atoms with Crippen molar-refractivity contribution in [1.29, 1.82) is 0 Å². The van der Waals surface area contributed by atoms with Crippen LogP contribution < -0.4 is 0 Å². The van der Waals surface area contributed by atoms with Crippen LogP contribution in [0.5, 0.6) is 0 Å². The molecule has 0 amide bonds. The summed E-state index contributed by atoms with van der Waals surface area (Å²) in [5.41, 5.74) is 0. The fourth-order valence-electron chi connectivity index (χ4n) is 1.22. The molecule has 0 aromatic heterocycles. The van der Waals surface area contributed by atoms with Crippen LogP contribution in [0.1, 0.15) is 32.6 Å². The zero-order chi connectivity index (χ0) is 5.98.